The first-order valence-electron chi connectivity index (χ1n) is 6.60. The molecule has 1 heterocycles. The van der Waals surface area contributed by atoms with E-state index in [0.29, 0.717) is 12.0 Å². The van der Waals surface area contributed by atoms with Gasteiger partial charge in [-0.05, 0) is 24.1 Å². The van der Waals surface area contributed by atoms with Gasteiger partial charge in [-0.15, -0.1) is 0 Å². The fourth-order valence-corrected chi connectivity index (χ4v) is 3.00. The molecule has 0 saturated carbocycles. The summed E-state index contributed by atoms with van der Waals surface area (Å²) in [6, 6.07) is 5.96. The molecule has 1 aromatic carbocycles. The van der Waals surface area contributed by atoms with Crippen molar-refractivity contribution in [3.05, 3.63) is 35.6 Å². The van der Waals surface area contributed by atoms with Crippen LogP contribution in [0.15, 0.2) is 24.3 Å². The minimum Gasteiger partial charge on any atom is -0.384 e. The molecule has 20 heavy (non-hydrogen) atoms. The van der Waals surface area contributed by atoms with Gasteiger partial charge < -0.3 is 4.74 Å². The summed E-state index contributed by atoms with van der Waals surface area (Å²) in [4.78, 5) is 24.0. The van der Waals surface area contributed by atoms with E-state index in [9.17, 15) is 14.0 Å². The second-order valence-corrected chi connectivity index (χ2v) is 5.23. The maximum Gasteiger partial charge on any atom is 0.234 e. The molecule has 5 heteroatoms. The Morgan fingerprint density at radius 2 is 2.20 bits per heavy atom. The highest BCUT2D eigenvalue weighted by Crippen LogP contribution is 2.44. The van der Waals surface area contributed by atoms with Crippen LogP contribution >= 0.6 is 0 Å². The van der Waals surface area contributed by atoms with Crippen LogP contribution in [0.3, 0.4) is 0 Å². The normalized spacial score (nSPS) is 26.4. The Morgan fingerprint density at radius 1 is 1.45 bits per heavy atom. The third-order valence-electron chi connectivity index (χ3n) is 3.97. The van der Waals surface area contributed by atoms with Crippen LogP contribution in [0.1, 0.15) is 31.2 Å². The summed E-state index contributed by atoms with van der Waals surface area (Å²) in [5, 5.41) is 2.34. The first-order valence-corrected chi connectivity index (χ1v) is 6.60. The molecule has 2 unspecified atom stereocenters. The third kappa shape index (κ3) is 2.58. The van der Waals surface area contributed by atoms with E-state index in [4.69, 9.17) is 4.74 Å². The molecule has 0 bridgehead atoms. The predicted molar refractivity (Wildman–Crippen MR) is 71.5 cm³/mol. The Labute approximate surface area is 117 Å². The summed E-state index contributed by atoms with van der Waals surface area (Å²) >= 11 is 0. The van der Waals surface area contributed by atoms with Crippen molar-refractivity contribution in [3.8, 4) is 0 Å². The number of benzene rings is 1. The predicted octanol–water partition coefficient (Wildman–Crippen LogP) is 2.00. The number of ether oxygens (including phenoxy) is 1. The Morgan fingerprint density at radius 3 is 2.80 bits per heavy atom. The average molecular weight is 279 g/mol. The van der Waals surface area contributed by atoms with E-state index in [1.807, 2.05) is 6.92 Å². The van der Waals surface area contributed by atoms with Crippen LogP contribution < -0.4 is 5.32 Å². The first-order chi connectivity index (χ1) is 9.52. The molecule has 108 valence electrons. The van der Waals surface area contributed by atoms with Gasteiger partial charge in [0, 0.05) is 18.9 Å². The maximum atomic E-state index is 13.4. The number of methoxy groups -OCH3 is 1. The molecule has 1 fully saturated rings. The molecule has 1 aromatic rings. The molecule has 2 atom stereocenters. The van der Waals surface area contributed by atoms with Gasteiger partial charge >= 0.3 is 0 Å². The van der Waals surface area contributed by atoms with Crippen molar-refractivity contribution < 1.29 is 18.7 Å². The number of hydrogen-bond acceptors (Lipinski definition) is 3. The fraction of sp³-hybridized carbons (Fsp3) is 0.467. The molecule has 1 saturated heterocycles. The first kappa shape index (κ1) is 14.7. The lowest BCUT2D eigenvalue weighted by Gasteiger charge is -2.41. The monoisotopic (exact) mass is 279 g/mol. The Hall–Kier alpha value is -1.75. The minimum atomic E-state index is -0.623. The van der Waals surface area contributed by atoms with Crippen molar-refractivity contribution >= 4 is 11.8 Å². The second-order valence-electron chi connectivity index (χ2n) is 5.23. The zero-order valence-electron chi connectivity index (χ0n) is 11.6. The zero-order valence-corrected chi connectivity index (χ0v) is 11.6. The standard InChI is InChI=1S/C15H18FNO3/c1-3-15(9-20-2)8-12(18)17-14(19)13(15)10-5-4-6-11(16)7-10/h4-7,13H,3,8-9H2,1-2H3,(H,17,18,19). The van der Waals surface area contributed by atoms with E-state index in [1.54, 1.807) is 12.1 Å². The number of carbonyl (C=O) groups is 2. The largest absolute Gasteiger partial charge is 0.384 e. The fourth-order valence-electron chi connectivity index (χ4n) is 3.00. The number of piperidine rings is 1. The Kier molecular flexibility index (Phi) is 4.18. The van der Waals surface area contributed by atoms with E-state index >= 15 is 0 Å². The topological polar surface area (TPSA) is 55.4 Å². The van der Waals surface area contributed by atoms with Crippen LogP contribution in [0.2, 0.25) is 0 Å². The summed E-state index contributed by atoms with van der Waals surface area (Å²) in [5.74, 6) is -1.66. The number of amides is 2. The van der Waals surface area contributed by atoms with Crippen molar-refractivity contribution in [1.82, 2.24) is 5.32 Å². The van der Waals surface area contributed by atoms with Gasteiger partial charge in [0.05, 0.1) is 12.5 Å². The lowest BCUT2D eigenvalue weighted by molar-refractivity contribution is -0.142. The Bertz CT molecular complexity index is 532. The van der Waals surface area contributed by atoms with Gasteiger partial charge in [0.1, 0.15) is 5.82 Å². The summed E-state index contributed by atoms with van der Waals surface area (Å²) in [7, 11) is 1.54. The van der Waals surface area contributed by atoms with Crippen LogP contribution in [-0.2, 0) is 14.3 Å². The van der Waals surface area contributed by atoms with E-state index in [0.717, 1.165) is 0 Å². The van der Waals surface area contributed by atoms with Crippen molar-refractivity contribution in [2.24, 2.45) is 5.41 Å². The van der Waals surface area contributed by atoms with Crippen LogP contribution in [0.5, 0.6) is 0 Å². The molecule has 0 spiro atoms. The van der Waals surface area contributed by atoms with E-state index in [2.05, 4.69) is 5.32 Å². The lowest BCUT2D eigenvalue weighted by atomic mass is 9.66. The van der Waals surface area contributed by atoms with Gasteiger partial charge in [-0.2, -0.15) is 0 Å². The van der Waals surface area contributed by atoms with Crippen LogP contribution in [0.4, 0.5) is 4.39 Å². The summed E-state index contributed by atoms with van der Waals surface area (Å²) in [6.45, 7) is 2.20. The highest BCUT2D eigenvalue weighted by atomic mass is 19.1. The molecule has 0 aromatic heterocycles. The second kappa shape index (κ2) is 5.71. The summed E-state index contributed by atoms with van der Waals surface area (Å²) in [6.07, 6.45) is 0.797. The van der Waals surface area contributed by atoms with Crippen LogP contribution in [-0.4, -0.2) is 25.5 Å². The number of imide groups is 1. The number of nitrogens with one attached hydrogen (secondary N) is 1. The molecule has 1 N–H and O–H groups in total. The lowest BCUT2D eigenvalue weighted by Crippen LogP contribution is -2.52. The summed E-state index contributed by atoms with van der Waals surface area (Å²) in [5.41, 5.74) is -0.0454. The van der Waals surface area contributed by atoms with Gasteiger partial charge in [-0.1, -0.05) is 19.1 Å². The minimum absolute atomic E-state index is 0.199. The van der Waals surface area contributed by atoms with Gasteiger partial charge in [-0.3, -0.25) is 14.9 Å². The van der Waals surface area contributed by atoms with Gasteiger partial charge in [0.2, 0.25) is 11.8 Å². The highest BCUT2D eigenvalue weighted by molar-refractivity contribution is 6.02. The SMILES string of the molecule is CCC1(COC)CC(=O)NC(=O)C1c1cccc(F)c1. The highest BCUT2D eigenvalue weighted by Gasteiger charge is 2.48. The van der Waals surface area contributed by atoms with Gasteiger partial charge in [-0.25, -0.2) is 4.39 Å². The summed E-state index contributed by atoms with van der Waals surface area (Å²) < 4.78 is 18.7. The molecular formula is C15H18FNO3. The van der Waals surface area contributed by atoms with E-state index in [1.165, 1.54) is 19.2 Å². The third-order valence-corrected chi connectivity index (χ3v) is 3.97. The molecule has 2 amide bonds. The van der Waals surface area contributed by atoms with Crippen molar-refractivity contribution in [3.63, 3.8) is 0 Å². The van der Waals surface area contributed by atoms with Crippen molar-refractivity contribution in [2.75, 3.05) is 13.7 Å². The molecular weight excluding hydrogens is 261 g/mol. The molecule has 1 aliphatic rings. The number of hydrogen-bond donors (Lipinski definition) is 1. The molecule has 1 aliphatic heterocycles. The Balaban J connectivity index is 2.49. The van der Waals surface area contributed by atoms with Crippen molar-refractivity contribution in [1.29, 1.82) is 0 Å². The van der Waals surface area contributed by atoms with E-state index in [-0.39, 0.29) is 24.8 Å². The smallest absolute Gasteiger partial charge is 0.234 e. The molecule has 0 aliphatic carbocycles. The zero-order chi connectivity index (χ0) is 14.8. The van der Waals surface area contributed by atoms with Gasteiger partial charge in [0.25, 0.3) is 0 Å². The maximum absolute atomic E-state index is 13.4. The van der Waals surface area contributed by atoms with Crippen LogP contribution in [0.25, 0.3) is 0 Å². The van der Waals surface area contributed by atoms with Crippen molar-refractivity contribution in [2.45, 2.75) is 25.7 Å². The molecule has 4 nitrogen and oxygen atoms in total. The average Bonchev–Trinajstić information content (AvgIpc) is 2.38. The van der Waals surface area contributed by atoms with Gasteiger partial charge in [0.15, 0.2) is 0 Å². The quantitative estimate of drug-likeness (QED) is 0.858. The van der Waals surface area contributed by atoms with Crippen LogP contribution in [0, 0.1) is 11.2 Å². The number of rotatable bonds is 4. The number of carbonyl (C=O) groups excluding carboxylic acids is 2. The molecule has 0 radical (unpaired) electrons. The number of halogens is 1. The molecule has 2 rings (SSSR count). The van der Waals surface area contributed by atoms with E-state index < -0.39 is 17.2 Å².